The number of aromatic nitrogens is 1. The van der Waals surface area contributed by atoms with Crippen LogP contribution in [0, 0.1) is 0 Å². The molecule has 8 aromatic carbocycles. The Morgan fingerprint density at radius 3 is 1.68 bits per heavy atom. The molecule has 270 valence electrons. The van der Waals surface area contributed by atoms with E-state index in [1.807, 2.05) is 0 Å². The second-order valence-electron chi connectivity index (χ2n) is 15.8. The van der Waals surface area contributed by atoms with Crippen molar-refractivity contribution < 1.29 is 4.42 Å². The molecule has 0 spiro atoms. The lowest BCUT2D eigenvalue weighted by molar-refractivity contribution is 0.606. The van der Waals surface area contributed by atoms with E-state index in [1.54, 1.807) is 0 Å². The van der Waals surface area contributed by atoms with Gasteiger partial charge in [-0.25, -0.2) is 0 Å². The molecule has 0 unspecified atom stereocenters. The molecule has 0 radical (unpaired) electrons. The average Bonchev–Trinajstić information content (AvgIpc) is 3.96. The third kappa shape index (κ3) is 4.50. The van der Waals surface area contributed by atoms with Gasteiger partial charge in [0.05, 0.1) is 16.6 Å². The van der Waals surface area contributed by atoms with E-state index in [1.165, 1.54) is 49.4 Å². The van der Waals surface area contributed by atoms with Crippen LogP contribution < -0.4 is 9.80 Å². The van der Waals surface area contributed by atoms with Crippen molar-refractivity contribution in [2.24, 2.45) is 0 Å². The third-order valence-electron chi connectivity index (χ3n) is 12.2. The Kier molecular flexibility index (Phi) is 6.65. The summed E-state index contributed by atoms with van der Waals surface area (Å²) in [7, 11) is 0. The molecule has 0 N–H and O–H groups in total. The van der Waals surface area contributed by atoms with Crippen molar-refractivity contribution in [2.75, 3.05) is 9.80 Å². The molecule has 4 heteroatoms. The maximum absolute atomic E-state index is 6.95. The summed E-state index contributed by atoms with van der Waals surface area (Å²) in [4.78, 5) is 4.74. The van der Waals surface area contributed by atoms with E-state index in [-0.39, 0.29) is 5.41 Å². The fourth-order valence-electron chi connectivity index (χ4n) is 9.76. The lowest BCUT2D eigenvalue weighted by Crippen LogP contribution is -2.17. The van der Waals surface area contributed by atoms with Gasteiger partial charge in [0.2, 0.25) is 5.71 Å². The van der Waals surface area contributed by atoms with E-state index in [2.05, 4.69) is 216 Å². The fourth-order valence-corrected chi connectivity index (χ4v) is 9.76. The second-order valence-corrected chi connectivity index (χ2v) is 15.8. The molecule has 0 bridgehead atoms. The van der Waals surface area contributed by atoms with Crippen LogP contribution in [0.5, 0.6) is 0 Å². The van der Waals surface area contributed by atoms with Crippen LogP contribution in [0.3, 0.4) is 0 Å². The molecule has 0 aliphatic heterocycles. The highest BCUT2D eigenvalue weighted by atomic mass is 16.3. The molecule has 12 rings (SSSR count). The van der Waals surface area contributed by atoms with Gasteiger partial charge in [-0.15, -0.1) is 0 Å². The summed E-state index contributed by atoms with van der Waals surface area (Å²) in [5, 5.41) is 7.19. The topological polar surface area (TPSA) is 24.0 Å². The summed E-state index contributed by atoms with van der Waals surface area (Å²) in [6.07, 6.45) is 0. The molecule has 11 aromatic rings. The first kappa shape index (κ1) is 32.0. The molecule has 0 amide bonds. The summed E-state index contributed by atoms with van der Waals surface area (Å²) >= 11 is 0. The van der Waals surface area contributed by atoms with Crippen LogP contribution in [-0.4, -0.2) is 4.40 Å². The maximum Gasteiger partial charge on any atom is 0.213 e. The predicted molar refractivity (Wildman–Crippen MR) is 238 cm³/mol. The van der Waals surface area contributed by atoms with E-state index in [0.717, 1.165) is 56.2 Å². The van der Waals surface area contributed by atoms with Crippen LogP contribution in [0.4, 0.5) is 34.1 Å². The number of benzene rings is 8. The molecule has 3 heterocycles. The van der Waals surface area contributed by atoms with Crippen LogP contribution in [0.1, 0.15) is 25.1 Å². The Balaban J connectivity index is 1.14. The summed E-state index contributed by atoms with van der Waals surface area (Å²) < 4.78 is 9.42. The first-order valence-electron chi connectivity index (χ1n) is 19.7. The number of nitrogens with zero attached hydrogens (tertiary/aromatic N) is 3. The molecular formula is C53H37N3O. The number of fused-ring (bicyclic) bond motifs is 11. The minimum absolute atomic E-state index is 0.298. The Labute approximate surface area is 330 Å². The van der Waals surface area contributed by atoms with Crippen molar-refractivity contribution >= 4 is 83.3 Å². The van der Waals surface area contributed by atoms with Crippen molar-refractivity contribution in [3.05, 3.63) is 199 Å². The molecular weight excluding hydrogens is 695 g/mol. The number of para-hydroxylation sites is 5. The molecule has 4 nitrogen and oxygen atoms in total. The van der Waals surface area contributed by atoms with E-state index < -0.39 is 0 Å². The van der Waals surface area contributed by atoms with E-state index in [9.17, 15) is 0 Å². The Morgan fingerprint density at radius 1 is 0.474 bits per heavy atom. The monoisotopic (exact) mass is 731 g/mol. The van der Waals surface area contributed by atoms with Crippen LogP contribution in [0.25, 0.3) is 60.3 Å². The van der Waals surface area contributed by atoms with E-state index >= 15 is 0 Å². The smallest absolute Gasteiger partial charge is 0.213 e. The zero-order valence-corrected chi connectivity index (χ0v) is 31.6. The SMILES string of the molecule is CC1(C)c2cc3ccc(N(c4ccccc4)c4ccccc4)cc3cc2-c2c1n1c3oc4ccccc4c3c3c(N(c4ccccc4)c4ccccc4)ccc2c31. The highest BCUT2D eigenvalue weighted by Gasteiger charge is 2.43. The van der Waals surface area contributed by atoms with Crippen molar-refractivity contribution in [3.8, 4) is 11.1 Å². The first-order valence-corrected chi connectivity index (χ1v) is 19.7. The fraction of sp³-hybridized carbons (Fsp3) is 0.0566. The zero-order valence-electron chi connectivity index (χ0n) is 31.6. The van der Waals surface area contributed by atoms with Gasteiger partial charge in [0, 0.05) is 61.3 Å². The number of rotatable bonds is 6. The van der Waals surface area contributed by atoms with Gasteiger partial charge in [-0.3, -0.25) is 4.40 Å². The van der Waals surface area contributed by atoms with Gasteiger partial charge < -0.3 is 14.2 Å². The molecule has 0 saturated heterocycles. The normalized spacial score (nSPS) is 13.2. The quantitative estimate of drug-likeness (QED) is 0.170. The van der Waals surface area contributed by atoms with Gasteiger partial charge >= 0.3 is 0 Å². The highest BCUT2D eigenvalue weighted by molar-refractivity contribution is 6.29. The number of anilines is 6. The lowest BCUT2D eigenvalue weighted by Gasteiger charge is -2.26. The molecule has 1 aliphatic carbocycles. The number of furan rings is 1. The molecule has 0 atom stereocenters. The third-order valence-corrected chi connectivity index (χ3v) is 12.2. The predicted octanol–water partition coefficient (Wildman–Crippen LogP) is 14.8. The van der Waals surface area contributed by atoms with Crippen LogP contribution in [0.15, 0.2) is 192 Å². The summed E-state index contributed by atoms with van der Waals surface area (Å²) in [5.41, 5.74) is 14.6. The van der Waals surface area contributed by atoms with Crippen molar-refractivity contribution in [1.82, 2.24) is 4.40 Å². The molecule has 0 saturated carbocycles. The number of hydrogen-bond donors (Lipinski definition) is 0. The summed E-state index contributed by atoms with van der Waals surface area (Å²) in [6, 6.07) is 67.7. The summed E-state index contributed by atoms with van der Waals surface area (Å²) in [5.74, 6) is 0. The minimum atomic E-state index is -0.298. The Bertz CT molecular complexity index is 3230. The van der Waals surface area contributed by atoms with Crippen LogP contribution in [0.2, 0.25) is 0 Å². The van der Waals surface area contributed by atoms with Gasteiger partial charge in [0.1, 0.15) is 5.58 Å². The van der Waals surface area contributed by atoms with E-state index in [0.29, 0.717) is 0 Å². The number of hydrogen-bond acceptors (Lipinski definition) is 3. The van der Waals surface area contributed by atoms with Gasteiger partial charge in [-0.05, 0) is 107 Å². The molecule has 3 aromatic heterocycles. The largest absolute Gasteiger partial charge is 0.439 e. The lowest BCUT2D eigenvalue weighted by atomic mass is 9.84. The first-order chi connectivity index (χ1) is 28.1. The van der Waals surface area contributed by atoms with Crippen molar-refractivity contribution in [2.45, 2.75) is 19.3 Å². The van der Waals surface area contributed by atoms with Crippen molar-refractivity contribution in [1.29, 1.82) is 0 Å². The average molecular weight is 732 g/mol. The maximum atomic E-state index is 6.95. The van der Waals surface area contributed by atoms with Gasteiger partial charge in [-0.1, -0.05) is 117 Å². The highest BCUT2D eigenvalue weighted by Crippen LogP contribution is 2.58. The molecule has 57 heavy (non-hydrogen) atoms. The Morgan fingerprint density at radius 2 is 1.05 bits per heavy atom. The summed E-state index contributed by atoms with van der Waals surface area (Å²) in [6.45, 7) is 4.77. The molecule has 1 aliphatic rings. The standard InChI is InChI=1S/C53H37N3O/c1-53(2)44-33-34-27-28-40(54(36-17-7-3-8-18-36)37-19-9-4-10-20-37)31-35(34)32-43(44)47-42-29-30-45(55(38-21-11-5-12-22-38)39-23-13-6-14-24-39)49-48-41-25-15-16-26-46(41)57-52(48)56(50(42)49)51(47)53/h3-33H,1-2H3. The van der Waals surface area contributed by atoms with Gasteiger partial charge in [-0.2, -0.15) is 0 Å². The second kappa shape index (κ2) is 11.8. The zero-order chi connectivity index (χ0) is 37.8. The van der Waals surface area contributed by atoms with Gasteiger partial charge in [0.25, 0.3) is 0 Å². The van der Waals surface area contributed by atoms with Gasteiger partial charge in [0.15, 0.2) is 0 Å². The van der Waals surface area contributed by atoms with Crippen LogP contribution >= 0.6 is 0 Å². The molecule has 0 fully saturated rings. The Hall–Kier alpha value is -7.30. The minimum Gasteiger partial charge on any atom is -0.439 e. The van der Waals surface area contributed by atoms with Crippen LogP contribution in [-0.2, 0) is 5.41 Å². The van der Waals surface area contributed by atoms with E-state index in [4.69, 9.17) is 4.42 Å². The van der Waals surface area contributed by atoms with Crippen molar-refractivity contribution in [3.63, 3.8) is 0 Å².